The number of ketones is 3. The van der Waals surface area contributed by atoms with Gasteiger partial charge in [-0.2, -0.15) is 0 Å². The number of methoxy groups -OCH3 is 1. The highest BCUT2D eigenvalue weighted by Crippen LogP contribution is 2.44. The van der Waals surface area contributed by atoms with Gasteiger partial charge in [0.25, 0.3) is 0 Å². The van der Waals surface area contributed by atoms with Crippen LogP contribution in [-0.4, -0.2) is 30.4 Å². The molecule has 1 unspecified atom stereocenters. The lowest BCUT2D eigenvalue weighted by Gasteiger charge is -2.27. The second-order valence-corrected chi connectivity index (χ2v) is 5.67. The normalized spacial score (nSPS) is 16.6. The summed E-state index contributed by atoms with van der Waals surface area (Å²) in [5.74, 6) is -3.06. The summed E-state index contributed by atoms with van der Waals surface area (Å²) in [6.07, 6.45) is 1.34. The van der Waals surface area contributed by atoms with E-state index < -0.39 is 23.1 Å². The topological polar surface area (TPSA) is 77.5 Å². The average Bonchev–Trinajstić information content (AvgIpc) is 2.75. The van der Waals surface area contributed by atoms with Gasteiger partial charge in [-0.15, -0.1) is 6.58 Å². The zero-order chi connectivity index (χ0) is 17.2. The second-order valence-electron chi connectivity index (χ2n) is 5.67. The fourth-order valence-corrected chi connectivity index (χ4v) is 3.08. The summed E-state index contributed by atoms with van der Waals surface area (Å²) in [5.41, 5.74) is -0.811. The zero-order valence-electron chi connectivity index (χ0n) is 13.1. The van der Waals surface area contributed by atoms with Gasteiger partial charge in [0, 0.05) is 11.1 Å². The number of fused-ring (bicyclic) bond motifs is 1. The van der Waals surface area contributed by atoms with Gasteiger partial charge in [-0.3, -0.25) is 19.2 Å². The molecule has 0 fully saturated rings. The van der Waals surface area contributed by atoms with Crippen LogP contribution in [0.1, 0.15) is 40.5 Å². The smallest absolute Gasteiger partial charge is 0.316 e. The molecule has 1 aromatic carbocycles. The Labute approximate surface area is 134 Å². The van der Waals surface area contributed by atoms with Gasteiger partial charge in [0.05, 0.1) is 7.11 Å². The summed E-state index contributed by atoms with van der Waals surface area (Å²) in [6.45, 7) is 4.86. The molecule has 5 nitrogen and oxygen atoms in total. The van der Waals surface area contributed by atoms with Crippen molar-refractivity contribution in [2.24, 2.45) is 11.3 Å². The summed E-state index contributed by atoms with van der Waals surface area (Å²) in [6, 6.07) is 6.52. The predicted octanol–water partition coefficient (Wildman–Crippen LogP) is 2.40. The molecule has 23 heavy (non-hydrogen) atoms. The van der Waals surface area contributed by atoms with Crippen LogP contribution in [0.25, 0.3) is 0 Å². The van der Waals surface area contributed by atoms with E-state index in [1.54, 1.807) is 24.3 Å². The summed E-state index contributed by atoms with van der Waals surface area (Å²) >= 11 is 0. The van der Waals surface area contributed by atoms with Crippen LogP contribution >= 0.6 is 0 Å². The number of hydrogen-bond donors (Lipinski definition) is 0. The highest BCUT2D eigenvalue weighted by atomic mass is 16.5. The number of Topliss-reactive ketones (excluding diaryl/α,β-unsaturated/α-hetero) is 3. The molecule has 0 saturated heterocycles. The van der Waals surface area contributed by atoms with E-state index in [1.807, 2.05) is 0 Å². The molecule has 0 aliphatic heterocycles. The third-order valence-electron chi connectivity index (χ3n) is 4.31. The Kier molecular flexibility index (Phi) is 4.59. The first-order valence-electron chi connectivity index (χ1n) is 7.27. The maximum absolute atomic E-state index is 12.9. The summed E-state index contributed by atoms with van der Waals surface area (Å²) in [5, 5.41) is 0. The SMILES string of the molecule is C=CCC1(CC(C(C)=O)C(=O)OC)C(=O)c2ccccc2C1=O. The maximum atomic E-state index is 12.9. The van der Waals surface area contributed by atoms with Crippen molar-refractivity contribution in [2.45, 2.75) is 19.8 Å². The van der Waals surface area contributed by atoms with E-state index in [0.29, 0.717) is 11.1 Å². The Morgan fingerprint density at radius 2 is 1.74 bits per heavy atom. The summed E-state index contributed by atoms with van der Waals surface area (Å²) < 4.78 is 4.65. The molecular weight excluding hydrogens is 296 g/mol. The molecule has 120 valence electrons. The fourth-order valence-electron chi connectivity index (χ4n) is 3.08. The average molecular weight is 314 g/mol. The molecule has 0 radical (unpaired) electrons. The van der Waals surface area contributed by atoms with Crippen molar-refractivity contribution in [2.75, 3.05) is 7.11 Å². The van der Waals surface area contributed by atoms with Crippen LogP contribution in [0.2, 0.25) is 0 Å². The molecule has 0 saturated carbocycles. The van der Waals surface area contributed by atoms with Crippen LogP contribution in [0.5, 0.6) is 0 Å². The number of rotatable bonds is 6. The van der Waals surface area contributed by atoms with Crippen molar-refractivity contribution < 1.29 is 23.9 Å². The molecule has 1 aromatic rings. The van der Waals surface area contributed by atoms with Crippen molar-refractivity contribution in [3.63, 3.8) is 0 Å². The molecule has 2 rings (SSSR count). The second kappa shape index (κ2) is 6.28. The monoisotopic (exact) mass is 314 g/mol. The lowest BCUT2D eigenvalue weighted by Crippen LogP contribution is -2.39. The van der Waals surface area contributed by atoms with Gasteiger partial charge in [-0.1, -0.05) is 30.3 Å². The lowest BCUT2D eigenvalue weighted by atomic mass is 9.72. The Morgan fingerprint density at radius 1 is 1.22 bits per heavy atom. The van der Waals surface area contributed by atoms with E-state index in [2.05, 4.69) is 11.3 Å². The van der Waals surface area contributed by atoms with Gasteiger partial charge in [-0.05, 0) is 19.8 Å². The van der Waals surface area contributed by atoms with Crippen LogP contribution in [-0.2, 0) is 14.3 Å². The van der Waals surface area contributed by atoms with Crippen molar-refractivity contribution in [3.05, 3.63) is 48.0 Å². The fraction of sp³-hybridized carbons (Fsp3) is 0.333. The molecule has 1 atom stereocenters. The first-order valence-corrected chi connectivity index (χ1v) is 7.27. The molecule has 0 amide bonds. The number of benzene rings is 1. The van der Waals surface area contributed by atoms with E-state index in [9.17, 15) is 19.2 Å². The third kappa shape index (κ3) is 2.63. The zero-order valence-corrected chi connectivity index (χ0v) is 13.1. The van der Waals surface area contributed by atoms with Gasteiger partial charge in [-0.25, -0.2) is 0 Å². The molecule has 5 heteroatoms. The van der Waals surface area contributed by atoms with E-state index in [0.717, 1.165) is 0 Å². The molecule has 1 aliphatic carbocycles. The largest absolute Gasteiger partial charge is 0.468 e. The molecule has 0 spiro atoms. The van der Waals surface area contributed by atoms with Gasteiger partial charge in [0.15, 0.2) is 11.6 Å². The van der Waals surface area contributed by atoms with Crippen LogP contribution in [0.4, 0.5) is 0 Å². The van der Waals surface area contributed by atoms with E-state index in [1.165, 1.54) is 20.1 Å². The number of allylic oxidation sites excluding steroid dienone is 1. The van der Waals surface area contributed by atoms with Crippen molar-refractivity contribution in [1.82, 2.24) is 0 Å². The lowest BCUT2D eigenvalue weighted by molar-refractivity contribution is -0.149. The standard InChI is InChI=1S/C18H18O5/c1-4-9-18(10-14(11(2)19)17(22)23-3)15(20)12-7-5-6-8-13(12)16(18)21/h4-8,14H,1,9-10H2,2-3H3. The molecule has 0 bridgehead atoms. The minimum atomic E-state index is -1.46. The minimum Gasteiger partial charge on any atom is -0.468 e. The minimum absolute atomic E-state index is 0.0696. The number of ether oxygens (including phenoxy) is 1. The van der Waals surface area contributed by atoms with Gasteiger partial charge in [0.1, 0.15) is 17.1 Å². The van der Waals surface area contributed by atoms with Crippen LogP contribution in [0.15, 0.2) is 36.9 Å². The number of carbonyl (C=O) groups is 4. The van der Waals surface area contributed by atoms with E-state index >= 15 is 0 Å². The Morgan fingerprint density at radius 3 is 2.13 bits per heavy atom. The maximum Gasteiger partial charge on any atom is 0.316 e. The molecule has 0 aromatic heterocycles. The number of carbonyl (C=O) groups excluding carboxylic acids is 4. The Balaban J connectivity index is 2.52. The van der Waals surface area contributed by atoms with Gasteiger partial charge < -0.3 is 4.74 Å². The highest BCUT2D eigenvalue weighted by molar-refractivity contribution is 6.30. The van der Waals surface area contributed by atoms with Gasteiger partial charge >= 0.3 is 5.97 Å². The Bertz CT molecular complexity index is 666. The third-order valence-corrected chi connectivity index (χ3v) is 4.31. The number of hydrogen-bond acceptors (Lipinski definition) is 5. The van der Waals surface area contributed by atoms with E-state index in [4.69, 9.17) is 0 Å². The van der Waals surface area contributed by atoms with E-state index in [-0.39, 0.29) is 24.4 Å². The highest BCUT2D eigenvalue weighted by Gasteiger charge is 2.54. The first kappa shape index (κ1) is 16.8. The predicted molar refractivity (Wildman–Crippen MR) is 83.2 cm³/mol. The quantitative estimate of drug-likeness (QED) is 0.458. The Hall–Kier alpha value is -2.56. The van der Waals surface area contributed by atoms with Crippen molar-refractivity contribution >= 4 is 23.3 Å². The molecule has 0 N–H and O–H groups in total. The first-order chi connectivity index (χ1) is 10.9. The van der Waals surface area contributed by atoms with Crippen LogP contribution in [0, 0.1) is 11.3 Å². The van der Waals surface area contributed by atoms with Crippen molar-refractivity contribution in [1.29, 1.82) is 0 Å². The summed E-state index contributed by atoms with van der Waals surface area (Å²) in [7, 11) is 1.17. The van der Waals surface area contributed by atoms with Gasteiger partial charge in [0.2, 0.25) is 0 Å². The molecular formula is C18H18O5. The number of esters is 1. The van der Waals surface area contributed by atoms with Crippen LogP contribution < -0.4 is 0 Å². The summed E-state index contributed by atoms with van der Waals surface area (Å²) in [4.78, 5) is 49.4. The van der Waals surface area contributed by atoms with Crippen molar-refractivity contribution in [3.8, 4) is 0 Å². The molecule has 0 heterocycles. The van der Waals surface area contributed by atoms with Crippen LogP contribution in [0.3, 0.4) is 0 Å². The molecule has 1 aliphatic rings.